The van der Waals surface area contributed by atoms with Gasteiger partial charge in [0, 0.05) is 13.2 Å². The monoisotopic (exact) mass is 228 g/mol. The van der Waals surface area contributed by atoms with Crippen molar-refractivity contribution in [3.63, 3.8) is 0 Å². The normalized spacial score (nSPS) is 8.80. The van der Waals surface area contributed by atoms with Crippen LogP contribution in [0.2, 0.25) is 0 Å². The molecule has 0 fully saturated rings. The van der Waals surface area contributed by atoms with Gasteiger partial charge in [-0.05, 0) is 13.8 Å². The predicted molar refractivity (Wildman–Crippen MR) is 56.5 cm³/mol. The van der Waals surface area contributed by atoms with E-state index in [-0.39, 0.29) is 26.4 Å². The molecular weight excluding hydrogens is 204 g/mol. The maximum absolute atomic E-state index is 8.17. The Morgan fingerprint density at radius 3 is 1.20 bits per heavy atom. The Morgan fingerprint density at radius 2 is 1.20 bits per heavy atom. The topological polar surface area (TPSA) is 110 Å². The van der Waals surface area contributed by atoms with Crippen LogP contribution in [0.1, 0.15) is 13.8 Å². The van der Waals surface area contributed by atoms with Crippen molar-refractivity contribution in [2.24, 2.45) is 0 Å². The van der Waals surface area contributed by atoms with E-state index >= 15 is 0 Å². The SMILES string of the molecule is CCOCC.OCC(O)CO.OCCO. The molecule has 0 aliphatic rings. The highest BCUT2D eigenvalue weighted by molar-refractivity contribution is 4.43. The molecule has 5 N–H and O–H groups in total. The van der Waals surface area contributed by atoms with E-state index in [0.29, 0.717) is 0 Å². The van der Waals surface area contributed by atoms with Gasteiger partial charge in [-0.1, -0.05) is 0 Å². The summed E-state index contributed by atoms with van der Waals surface area (Å²) in [6, 6.07) is 0. The Labute approximate surface area is 90.8 Å². The van der Waals surface area contributed by atoms with E-state index in [1.807, 2.05) is 13.8 Å². The molecule has 0 aliphatic carbocycles. The van der Waals surface area contributed by atoms with Crippen LogP contribution in [0.5, 0.6) is 0 Å². The summed E-state index contributed by atoms with van der Waals surface area (Å²) in [5.74, 6) is 0. The summed E-state index contributed by atoms with van der Waals surface area (Å²) in [4.78, 5) is 0. The number of aliphatic hydroxyl groups excluding tert-OH is 5. The second-order valence-electron chi connectivity index (χ2n) is 2.25. The molecule has 0 saturated heterocycles. The first-order valence-electron chi connectivity index (χ1n) is 4.83. The first-order valence-corrected chi connectivity index (χ1v) is 4.83. The molecular formula is C9H24O6. The third-order valence-corrected chi connectivity index (χ3v) is 0.930. The van der Waals surface area contributed by atoms with Crippen molar-refractivity contribution < 1.29 is 30.3 Å². The molecule has 0 saturated carbocycles. The number of hydrogen-bond acceptors (Lipinski definition) is 6. The summed E-state index contributed by atoms with van der Waals surface area (Å²) in [6.07, 6.45) is -0.954. The lowest BCUT2D eigenvalue weighted by molar-refractivity contribution is 0.0450. The summed E-state index contributed by atoms with van der Waals surface area (Å²) >= 11 is 0. The smallest absolute Gasteiger partial charge is 0.100 e. The molecule has 0 bridgehead atoms. The van der Waals surface area contributed by atoms with Crippen LogP contribution >= 0.6 is 0 Å². The van der Waals surface area contributed by atoms with Crippen molar-refractivity contribution in [1.29, 1.82) is 0 Å². The van der Waals surface area contributed by atoms with Crippen molar-refractivity contribution >= 4 is 0 Å². The number of aliphatic hydroxyl groups is 5. The first kappa shape index (κ1) is 20.2. The molecule has 15 heavy (non-hydrogen) atoms. The van der Waals surface area contributed by atoms with Gasteiger partial charge in [0.05, 0.1) is 26.4 Å². The zero-order chi connectivity index (χ0) is 12.5. The third-order valence-electron chi connectivity index (χ3n) is 0.930. The minimum Gasteiger partial charge on any atom is -0.394 e. The van der Waals surface area contributed by atoms with E-state index in [4.69, 9.17) is 30.3 Å². The summed E-state index contributed by atoms with van der Waals surface area (Å²) in [6.45, 7) is 4.69. The van der Waals surface area contributed by atoms with Gasteiger partial charge in [0.2, 0.25) is 0 Å². The van der Waals surface area contributed by atoms with Crippen LogP contribution in [0.4, 0.5) is 0 Å². The van der Waals surface area contributed by atoms with Gasteiger partial charge in [0.25, 0.3) is 0 Å². The van der Waals surface area contributed by atoms with Gasteiger partial charge >= 0.3 is 0 Å². The van der Waals surface area contributed by atoms with Crippen LogP contribution in [0, 0.1) is 0 Å². The van der Waals surface area contributed by atoms with Crippen LogP contribution in [0.25, 0.3) is 0 Å². The number of hydrogen-bond donors (Lipinski definition) is 5. The average Bonchev–Trinajstić information content (AvgIpc) is 2.30. The Bertz CT molecular complexity index is 73.0. The molecule has 0 heterocycles. The van der Waals surface area contributed by atoms with Gasteiger partial charge < -0.3 is 30.3 Å². The zero-order valence-electron chi connectivity index (χ0n) is 9.46. The van der Waals surface area contributed by atoms with Crippen molar-refractivity contribution in [2.45, 2.75) is 20.0 Å². The molecule has 0 radical (unpaired) electrons. The Kier molecular flexibility index (Phi) is 31.7. The number of ether oxygens (including phenoxy) is 1. The zero-order valence-corrected chi connectivity index (χ0v) is 9.46. The van der Waals surface area contributed by atoms with E-state index in [2.05, 4.69) is 0 Å². The largest absolute Gasteiger partial charge is 0.394 e. The molecule has 0 spiro atoms. The highest BCUT2D eigenvalue weighted by Crippen LogP contribution is 1.71. The van der Waals surface area contributed by atoms with Crippen molar-refractivity contribution in [3.8, 4) is 0 Å². The summed E-state index contributed by atoms with van der Waals surface area (Å²) in [7, 11) is 0. The second kappa shape index (κ2) is 23.5. The van der Waals surface area contributed by atoms with Gasteiger partial charge in [-0.25, -0.2) is 0 Å². The van der Waals surface area contributed by atoms with Crippen LogP contribution in [-0.4, -0.2) is 71.3 Å². The fourth-order valence-corrected chi connectivity index (χ4v) is 0.262. The number of rotatable bonds is 5. The third kappa shape index (κ3) is 41.6. The fourth-order valence-electron chi connectivity index (χ4n) is 0.262. The highest BCUT2D eigenvalue weighted by atomic mass is 16.5. The van der Waals surface area contributed by atoms with Gasteiger partial charge in [-0.2, -0.15) is 0 Å². The summed E-state index contributed by atoms with van der Waals surface area (Å²) in [5.41, 5.74) is 0. The molecule has 0 amide bonds. The lowest BCUT2D eigenvalue weighted by Crippen LogP contribution is -2.15. The van der Waals surface area contributed by atoms with Crippen molar-refractivity contribution in [3.05, 3.63) is 0 Å². The van der Waals surface area contributed by atoms with E-state index in [0.717, 1.165) is 13.2 Å². The molecule has 6 nitrogen and oxygen atoms in total. The van der Waals surface area contributed by atoms with E-state index < -0.39 is 6.10 Å². The van der Waals surface area contributed by atoms with E-state index in [1.54, 1.807) is 0 Å². The molecule has 0 rings (SSSR count). The summed E-state index contributed by atoms with van der Waals surface area (Å²) < 4.78 is 4.83. The van der Waals surface area contributed by atoms with E-state index in [1.165, 1.54) is 0 Å². The molecule has 96 valence electrons. The van der Waals surface area contributed by atoms with Crippen LogP contribution < -0.4 is 0 Å². The van der Waals surface area contributed by atoms with Gasteiger partial charge in [0.15, 0.2) is 0 Å². The summed E-state index contributed by atoms with van der Waals surface area (Å²) in [5, 5.41) is 39.3. The lowest BCUT2D eigenvalue weighted by Gasteiger charge is -1.96. The first-order chi connectivity index (χ1) is 7.14. The molecule has 0 aromatic carbocycles. The van der Waals surface area contributed by atoms with Gasteiger partial charge in [-0.3, -0.25) is 0 Å². The molecule has 0 aromatic heterocycles. The Morgan fingerprint density at radius 1 is 0.867 bits per heavy atom. The molecule has 0 aliphatic heterocycles. The lowest BCUT2D eigenvalue weighted by atomic mass is 10.4. The standard InChI is InChI=1S/C4H10O.C3H8O3.C2H6O2/c1-3-5-4-2;4-1-3(6)2-5;3-1-2-4/h3-4H2,1-2H3;3-6H,1-2H2;3-4H,1-2H2. The molecule has 6 heteroatoms. The molecule has 0 aromatic rings. The van der Waals surface area contributed by atoms with Gasteiger partial charge in [-0.15, -0.1) is 0 Å². The average molecular weight is 228 g/mol. The van der Waals surface area contributed by atoms with Crippen molar-refractivity contribution in [2.75, 3.05) is 39.6 Å². The predicted octanol–water partition coefficient (Wildman–Crippen LogP) is -1.65. The Balaban J connectivity index is -0.000000147. The fraction of sp³-hybridized carbons (Fsp3) is 1.00. The maximum Gasteiger partial charge on any atom is 0.100 e. The minimum atomic E-state index is -0.954. The van der Waals surface area contributed by atoms with E-state index in [9.17, 15) is 0 Å². The van der Waals surface area contributed by atoms with Crippen LogP contribution in [0.3, 0.4) is 0 Å². The van der Waals surface area contributed by atoms with Crippen LogP contribution in [-0.2, 0) is 4.74 Å². The minimum absolute atomic E-state index is 0.125. The maximum atomic E-state index is 8.17. The van der Waals surface area contributed by atoms with Gasteiger partial charge in [0.1, 0.15) is 6.10 Å². The van der Waals surface area contributed by atoms with Crippen molar-refractivity contribution in [1.82, 2.24) is 0 Å². The molecule has 0 unspecified atom stereocenters. The molecule has 0 atom stereocenters. The Hall–Kier alpha value is -0.240. The second-order valence-corrected chi connectivity index (χ2v) is 2.25. The quantitative estimate of drug-likeness (QED) is 0.385. The van der Waals surface area contributed by atoms with Crippen LogP contribution in [0.15, 0.2) is 0 Å². The highest BCUT2D eigenvalue weighted by Gasteiger charge is 1.93.